The first-order valence-corrected chi connectivity index (χ1v) is 7.81. The van der Waals surface area contributed by atoms with Crippen LogP contribution in [0.1, 0.15) is 31.2 Å². The molecule has 2 fully saturated rings. The molecule has 3 rings (SSSR count). The molecule has 0 aromatic heterocycles. The number of methoxy groups -OCH3 is 1. The van der Waals surface area contributed by atoms with Gasteiger partial charge in [-0.25, -0.2) is 0 Å². The number of benzene rings is 1. The molecule has 0 atom stereocenters. The van der Waals surface area contributed by atoms with E-state index in [1.807, 2.05) is 12.1 Å². The van der Waals surface area contributed by atoms with E-state index in [0.29, 0.717) is 4.99 Å². The second kappa shape index (κ2) is 5.60. The van der Waals surface area contributed by atoms with Crippen LogP contribution in [0.4, 0.5) is 5.69 Å². The first-order chi connectivity index (χ1) is 9.67. The van der Waals surface area contributed by atoms with Gasteiger partial charge in [0, 0.05) is 24.7 Å². The summed E-state index contributed by atoms with van der Waals surface area (Å²) >= 11 is 5.22. The van der Waals surface area contributed by atoms with Crippen molar-refractivity contribution >= 4 is 22.9 Å². The maximum atomic E-state index is 5.90. The van der Waals surface area contributed by atoms with Gasteiger partial charge < -0.3 is 15.4 Å². The number of nitrogens with zero attached hydrogens (tertiary/aromatic N) is 1. The summed E-state index contributed by atoms with van der Waals surface area (Å²) in [5, 5.41) is 0. The van der Waals surface area contributed by atoms with Crippen molar-refractivity contribution in [2.75, 3.05) is 25.1 Å². The van der Waals surface area contributed by atoms with Crippen LogP contribution in [0, 0.1) is 11.8 Å². The zero-order valence-corrected chi connectivity index (χ0v) is 12.8. The third-order valence-electron chi connectivity index (χ3n) is 4.16. The molecule has 0 bridgehead atoms. The predicted octanol–water partition coefficient (Wildman–Crippen LogP) is 2.96. The normalized spacial score (nSPS) is 17.9. The van der Waals surface area contributed by atoms with Gasteiger partial charge in [0.25, 0.3) is 0 Å². The molecule has 0 heterocycles. The number of nitrogens with two attached hydrogens (primary N) is 1. The summed E-state index contributed by atoms with van der Waals surface area (Å²) in [6.07, 6.45) is 5.42. The summed E-state index contributed by atoms with van der Waals surface area (Å²) in [5.74, 6) is 2.56. The Morgan fingerprint density at radius 2 is 1.85 bits per heavy atom. The van der Waals surface area contributed by atoms with Crippen LogP contribution >= 0.6 is 12.2 Å². The Labute approximate surface area is 126 Å². The van der Waals surface area contributed by atoms with Crippen molar-refractivity contribution in [1.82, 2.24) is 0 Å². The van der Waals surface area contributed by atoms with Gasteiger partial charge in [0.2, 0.25) is 0 Å². The van der Waals surface area contributed by atoms with Gasteiger partial charge in [-0.3, -0.25) is 0 Å². The molecule has 4 heteroatoms. The average Bonchev–Trinajstić information content (AvgIpc) is 3.32. The quantitative estimate of drug-likeness (QED) is 0.784. The number of anilines is 1. The summed E-state index contributed by atoms with van der Waals surface area (Å²) in [5.41, 5.74) is 8.02. The summed E-state index contributed by atoms with van der Waals surface area (Å²) < 4.78 is 5.37. The third-order valence-corrected chi connectivity index (χ3v) is 4.38. The van der Waals surface area contributed by atoms with Crippen LogP contribution in [0.2, 0.25) is 0 Å². The zero-order chi connectivity index (χ0) is 14.1. The molecule has 0 spiro atoms. The van der Waals surface area contributed by atoms with E-state index in [1.54, 1.807) is 7.11 Å². The van der Waals surface area contributed by atoms with Crippen LogP contribution in [0.5, 0.6) is 5.75 Å². The van der Waals surface area contributed by atoms with Gasteiger partial charge in [-0.15, -0.1) is 0 Å². The van der Waals surface area contributed by atoms with E-state index in [4.69, 9.17) is 22.7 Å². The first kappa shape index (κ1) is 13.7. The van der Waals surface area contributed by atoms with Gasteiger partial charge in [0.05, 0.1) is 12.8 Å². The summed E-state index contributed by atoms with van der Waals surface area (Å²) in [6, 6.07) is 6.01. The fraction of sp³-hybridized carbons (Fsp3) is 0.562. The van der Waals surface area contributed by atoms with Crippen molar-refractivity contribution < 1.29 is 4.74 Å². The Bertz CT molecular complexity index is 495. The van der Waals surface area contributed by atoms with Gasteiger partial charge in [-0.2, -0.15) is 0 Å². The number of hydrogen-bond acceptors (Lipinski definition) is 3. The summed E-state index contributed by atoms with van der Waals surface area (Å²) in [4.78, 5) is 2.95. The SMILES string of the molecule is COc1ccc(C(N)=S)c(N(CC2CC2)CC2CC2)c1. The maximum absolute atomic E-state index is 5.90. The molecule has 2 aliphatic rings. The van der Waals surface area contributed by atoms with Gasteiger partial charge in [-0.1, -0.05) is 12.2 Å². The second-order valence-corrected chi connectivity index (χ2v) is 6.48. The van der Waals surface area contributed by atoms with E-state index in [9.17, 15) is 0 Å². The van der Waals surface area contributed by atoms with E-state index >= 15 is 0 Å². The topological polar surface area (TPSA) is 38.5 Å². The third kappa shape index (κ3) is 3.23. The first-order valence-electron chi connectivity index (χ1n) is 7.40. The van der Waals surface area contributed by atoms with Crippen molar-refractivity contribution in [2.24, 2.45) is 17.6 Å². The van der Waals surface area contributed by atoms with Crippen LogP contribution in [0.25, 0.3) is 0 Å². The molecule has 0 amide bonds. The predicted molar refractivity (Wildman–Crippen MR) is 86.5 cm³/mol. The highest BCUT2D eigenvalue weighted by atomic mass is 32.1. The minimum Gasteiger partial charge on any atom is -0.497 e. The van der Waals surface area contributed by atoms with E-state index < -0.39 is 0 Å². The van der Waals surface area contributed by atoms with Crippen molar-refractivity contribution in [1.29, 1.82) is 0 Å². The molecule has 108 valence electrons. The van der Waals surface area contributed by atoms with Crippen molar-refractivity contribution in [2.45, 2.75) is 25.7 Å². The van der Waals surface area contributed by atoms with E-state index in [1.165, 1.54) is 25.7 Å². The highest BCUT2D eigenvalue weighted by Crippen LogP contribution is 2.37. The molecule has 20 heavy (non-hydrogen) atoms. The monoisotopic (exact) mass is 290 g/mol. The molecule has 1 aromatic rings. The molecule has 3 nitrogen and oxygen atoms in total. The molecule has 0 unspecified atom stereocenters. The number of thiocarbonyl (C=S) groups is 1. The van der Waals surface area contributed by atoms with Gasteiger partial charge in [0.15, 0.2) is 0 Å². The van der Waals surface area contributed by atoms with Crippen molar-refractivity contribution in [3.63, 3.8) is 0 Å². The molecule has 1 aromatic carbocycles. The minimum absolute atomic E-state index is 0.472. The van der Waals surface area contributed by atoms with Crippen LogP contribution in [-0.4, -0.2) is 25.2 Å². The lowest BCUT2D eigenvalue weighted by atomic mass is 10.1. The summed E-state index contributed by atoms with van der Waals surface area (Å²) in [7, 11) is 1.70. The Hall–Kier alpha value is -1.29. The van der Waals surface area contributed by atoms with Crippen LogP contribution < -0.4 is 15.4 Å². The largest absolute Gasteiger partial charge is 0.497 e. The fourth-order valence-corrected chi connectivity index (χ4v) is 2.78. The second-order valence-electron chi connectivity index (χ2n) is 6.04. The number of ether oxygens (including phenoxy) is 1. The van der Waals surface area contributed by atoms with Gasteiger partial charge in [0.1, 0.15) is 10.7 Å². The van der Waals surface area contributed by atoms with E-state index in [2.05, 4.69) is 11.0 Å². The van der Waals surface area contributed by atoms with Crippen LogP contribution in [0.15, 0.2) is 18.2 Å². The molecule has 2 aliphatic carbocycles. The number of rotatable bonds is 7. The Morgan fingerprint density at radius 1 is 1.25 bits per heavy atom. The fourth-order valence-electron chi connectivity index (χ4n) is 2.60. The molecule has 2 saturated carbocycles. The smallest absolute Gasteiger partial charge is 0.120 e. The highest BCUT2D eigenvalue weighted by Gasteiger charge is 2.30. The van der Waals surface area contributed by atoms with E-state index in [-0.39, 0.29) is 0 Å². The lowest BCUT2D eigenvalue weighted by molar-refractivity contribution is 0.414. The molecule has 0 radical (unpaired) electrons. The van der Waals surface area contributed by atoms with Crippen molar-refractivity contribution in [3.05, 3.63) is 23.8 Å². The number of hydrogen-bond donors (Lipinski definition) is 1. The molecule has 0 aliphatic heterocycles. The highest BCUT2D eigenvalue weighted by molar-refractivity contribution is 7.80. The van der Waals surface area contributed by atoms with Crippen LogP contribution in [0.3, 0.4) is 0 Å². The van der Waals surface area contributed by atoms with Gasteiger partial charge in [-0.05, 0) is 49.7 Å². The zero-order valence-electron chi connectivity index (χ0n) is 12.0. The Morgan fingerprint density at radius 3 is 2.30 bits per heavy atom. The van der Waals surface area contributed by atoms with Crippen molar-refractivity contribution in [3.8, 4) is 5.75 Å². The van der Waals surface area contributed by atoms with Gasteiger partial charge >= 0.3 is 0 Å². The Kier molecular flexibility index (Phi) is 3.83. The Balaban J connectivity index is 1.90. The summed E-state index contributed by atoms with van der Waals surface area (Å²) in [6.45, 7) is 2.25. The molecular weight excluding hydrogens is 268 g/mol. The minimum atomic E-state index is 0.472. The molecular formula is C16H22N2OS. The molecule has 0 saturated heterocycles. The maximum Gasteiger partial charge on any atom is 0.120 e. The van der Waals surface area contributed by atoms with Crippen LogP contribution in [-0.2, 0) is 0 Å². The van der Waals surface area contributed by atoms with E-state index in [0.717, 1.165) is 41.9 Å². The molecule has 2 N–H and O–H groups in total. The average molecular weight is 290 g/mol. The lowest BCUT2D eigenvalue weighted by Crippen LogP contribution is -2.30. The lowest BCUT2D eigenvalue weighted by Gasteiger charge is -2.27. The standard InChI is InChI=1S/C16H22N2OS/c1-19-13-6-7-14(16(17)20)15(8-13)18(9-11-2-3-11)10-12-4-5-12/h6-8,11-12H,2-5,9-10H2,1H3,(H2,17,20).